The van der Waals surface area contributed by atoms with Crippen LogP contribution >= 0.6 is 0 Å². The number of nitrogens with zero attached hydrogens (tertiary/aromatic N) is 1. The van der Waals surface area contributed by atoms with E-state index in [1.165, 1.54) is 7.11 Å². The Morgan fingerprint density at radius 2 is 1.65 bits per heavy atom. The van der Waals surface area contributed by atoms with Crippen molar-refractivity contribution < 1.29 is 23.7 Å². The Hall–Kier alpha value is -3.38. The molecule has 0 aliphatic carbocycles. The molecule has 3 rings (SSSR count). The summed E-state index contributed by atoms with van der Waals surface area (Å²) >= 11 is 0. The summed E-state index contributed by atoms with van der Waals surface area (Å²) in [6.07, 6.45) is 2.21. The van der Waals surface area contributed by atoms with Crippen LogP contribution in [-0.2, 0) is 27.1 Å². The van der Waals surface area contributed by atoms with Crippen LogP contribution in [0.4, 0.5) is 0 Å². The highest BCUT2D eigenvalue weighted by atomic mass is 16.6. The van der Waals surface area contributed by atoms with Crippen LogP contribution in [0.25, 0.3) is 0 Å². The van der Waals surface area contributed by atoms with Gasteiger partial charge in [0.25, 0.3) is 0 Å². The van der Waals surface area contributed by atoms with Gasteiger partial charge in [0.05, 0.1) is 13.2 Å². The van der Waals surface area contributed by atoms with Crippen molar-refractivity contribution in [2.45, 2.75) is 25.9 Å². The summed E-state index contributed by atoms with van der Waals surface area (Å²) in [5, 5.41) is 0. The van der Waals surface area contributed by atoms with E-state index in [4.69, 9.17) is 18.9 Å². The third kappa shape index (κ3) is 7.12. The number of methoxy groups -OCH3 is 1. The number of ether oxygens (including phenoxy) is 4. The molecule has 0 N–H and O–H groups in total. The Morgan fingerprint density at radius 1 is 0.935 bits per heavy atom. The molecule has 1 atom stereocenters. The molecule has 0 amide bonds. The Morgan fingerprint density at radius 3 is 2.29 bits per heavy atom. The van der Waals surface area contributed by atoms with Crippen LogP contribution in [0.15, 0.2) is 72.9 Å². The number of para-hydroxylation sites is 1. The van der Waals surface area contributed by atoms with Crippen molar-refractivity contribution in [1.82, 2.24) is 4.98 Å². The summed E-state index contributed by atoms with van der Waals surface area (Å²) in [6.45, 7) is 2.60. The molecule has 1 unspecified atom stereocenters. The lowest BCUT2D eigenvalue weighted by molar-refractivity contribution is -0.154. The third-order valence-electron chi connectivity index (χ3n) is 4.60. The molecule has 0 fully saturated rings. The van der Waals surface area contributed by atoms with E-state index in [0.29, 0.717) is 25.5 Å². The minimum absolute atomic E-state index is 0.326. The first-order valence-corrected chi connectivity index (χ1v) is 10.3. The van der Waals surface area contributed by atoms with E-state index in [9.17, 15) is 4.79 Å². The van der Waals surface area contributed by atoms with Gasteiger partial charge in [-0.1, -0.05) is 36.4 Å². The van der Waals surface area contributed by atoms with Gasteiger partial charge in [0.2, 0.25) is 5.88 Å². The van der Waals surface area contributed by atoms with Crippen molar-refractivity contribution in [3.05, 3.63) is 84.1 Å². The van der Waals surface area contributed by atoms with Gasteiger partial charge in [-0.25, -0.2) is 9.78 Å². The molecule has 6 nitrogen and oxygen atoms in total. The summed E-state index contributed by atoms with van der Waals surface area (Å²) in [5.74, 6) is 1.78. The lowest BCUT2D eigenvalue weighted by atomic mass is 10.1. The molecular weight excluding hydrogens is 394 g/mol. The minimum Gasteiger partial charge on any atom is -0.477 e. The molecule has 0 bridgehead atoms. The maximum absolute atomic E-state index is 11.8. The predicted octanol–water partition coefficient (Wildman–Crippen LogP) is 4.62. The molecule has 0 aliphatic rings. The van der Waals surface area contributed by atoms with Crippen molar-refractivity contribution >= 4 is 5.97 Å². The number of hydrogen-bond acceptors (Lipinski definition) is 6. The van der Waals surface area contributed by atoms with Crippen LogP contribution in [0.5, 0.6) is 17.4 Å². The van der Waals surface area contributed by atoms with Gasteiger partial charge >= 0.3 is 5.97 Å². The largest absolute Gasteiger partial charge is 0.477 e. The second kappa shape index (κ2) is 11.7. The number of benzene rings is 2. The Kier molecular flexibility index (Phi) is 8.43. The molecule has 31 heavy (non-hydrogen) atoms. The van der Waals surface area contributed by atoms with Gasteiger partial charge in [0, 0.05) is 32.2 Å². The van der Waals surface area contributed by atoms with E-state index < -0.39 is 6.10 Å². The number of pyridine rings is 1. The van der Waals surface area contributed by atoms with E-state index in [1.54, 1.807) is 19.2 Å². The molecule has 1 heterocycles. The molecule has 3 aromatic rings. The lowest BCUT2D eigenvalue weighted by Gasteiger charge is -2.14. The molecule has 1 aromatic heterocycles. The van der Waals surface area contributed by atoms with Crippen molar-refractivity contribution in [2.75, 3.05) is 20.3 Å². The normalized spacial score (nSPS) is 11.5. The average Bonchev–Trinajstić information content (AvgIpc) is 2.80. The summed E-state index contributed by atoms with van der Waals surface area (Å²) in [7, 11) is 1.49. The standard InChI is InChI=1S/C25H27NO5/c1-3-29-25(27)23(28-2)17-20-11-14-24(26-18-20)30-16-15-19-9-12-22(13-10-19)31-21-7-5-4-6-8-21/h4-14,18,23H,3,15-17H2,1-2H3. The quantitative estimate of drug-likeness (QED) is 0.421. The van der Waals surface area contributed by atoms with E-state index in [0.717, 1.165) is 29.0 Å². The van der Waals surface area contributed by atoms with E-state index in [1.807, 2.05) is 60.7 Å². The van der Waals surface area contributed by atoms with Gasteiger partial charge in [-0.2, -0.15) is 0 Å². The van der Waals surface area contributed by atoms with Crippen LogP contribution in [-0.4, -0.2) is 37.4 Å². The third-order valence-corrected chi connectivity index (χ3v) is 4.60. The van der Waals surface area contributed by atoms with E-state index >= 15 is 0 Å². The number of aromatic nitrogens is 1. The van der Waals surface area contributed by atoms with Gasteiger partial charge in [0.15, 0.2) is 6.10 Å². The molecular formula is C25H27NO5. The summed E-state index contributed by atoms with van der Waals surface area (Å²) in [6, 6.07) is 21.3. The Labute approximate surface area is 182 Å². The first kappa shape index (κ1) is 22.3. The molecule has 0 aliphatic heterocycles. The number of carbonyl (C=O) groups is 1. The smallest absolute Gasteiger partial charge is 0.335 e. The number of esters is 1. The van der Waals surface area contributed by atoms with Crippen molar-refractivity contribution in [1.29, 1.82) is 0 Å². The first-order valence-electron chi connectivity index (χ1n) is 10.3. The first-order chi connectivity index (χ1) is 15.2. The average molecular weight is 421 g/mol. The Bertz CT molecular complexity index is 926. The van der Waals surface area contributed by atoms with Gasteiger partial charge < -0.3 is 18.9 Å². The van der Waals surface area contributed by atoms with E-state index in [2.05, 4.69) is 4.98 Å². The van der Waals surface area contributed by atoms with Gasteiger partial charge in [0.1, 0.15) is 11.5 Å². The molecule has 0 saturated heterocycles. The fourth-order valence-corrected chi connectivity index (χ4v) is 2.95. The van der Waals surface area contributed by atoms with Crippen molar-refractivity contribution in [3.63, 3.8) is 0 Å². The van der Waals surface area contributed by atoms with Crippen LogP contribution in [0.2, 0.25) is 0 Å². The lowest BCUT2D eigenvalue weighted by Crippen LogP contribution is -2.27. The highest BCUT2D eigenvalue weighted by Crippen LogP contribution is 2.21. The highest BCUT2D eigenvalue weighted by molar-refractivity contribution is 5.75. The molecule has 0 radical (unpaired) electrons. The molecule has 0 spiro atoms. The zero-order chi connectivity index (χ0) is 21.9. The van der Waals surface area contributed by atoms with Crippen LogP contribution < -0.4 is 9.47 Å². The highest BCUT2D eigenvalue weighted by Gasteiger charge is 2.19. The zero-order valence-corrected chi connectivity index (χ0v) is 17.8. The number of carbonyl (C=O) groups excluding carboxylic acids is 1. The second-order valence-electron chi connectivity index (χ2n) is 6.84. The maximum atomic E-state index is 11.8. The molecule has 6 heteroatoms. The summed E-state index contributed by atoms with van der Waals surface area (Å²) < 4.78 is 21.8. The van der Waals surface area contributed by atoms with Crippen LogP contribution in [0.3, 0.4) is 0 Å². The molecule has 0 saturated carbocycles. The van der Waals surface area contributed by atoms with Crippen LogP contribution in [0, 0.1) is 0 Å². The maximum Gasteiger partial charge on any atom is 0.335 e. The Balaban J connectivity index is 1.44. The summed E-state index contributed by atoms with van der Waals surface area (Å²) in [5.41, 5.74) is 2.02. The monoisotopic (exact) mass is 421 g/mol. The zero-order valence-electron chi connectivity index (χ0n) is 17.8. The molecule has 2 aromatic carbocycles. The predicted molar refractivity (Wildman–Crippen MR) is 118 cm³/mol. The second-order valence-corrected chi connectivity index (χ2v) is 6.84. The fourth-order valence-electron chi connectivity index (χ4n) is 2.95. The van der Waals surface area contributed by atoms with Crippen molar-refractivity contribution in [3.8, 4) is 17.4 Å². The van der Waals surface area contributed by atoms with Gasteiger partial charge in [-0.15, -0.1) is 0 Å². The van der Waals surface area contributed by atoms with E-state index in [-0.39, 0.29) is 5.97 Å². The molecule has 162 valence electrons. The van der Waals surface area contributed by atoms with Gasteiger partial charge in [-0.3, -0.25) is 0 Å². The van der Waals surface area contributed by atoms with Gasteiger partial charge in [-0.05, 0) is 42.3 Å². The minimum atomic E-state index is -0.637. The van der Waals surface area contributed by atoms with Crippen LogP contribution in [0.1, 0.15) is 18.1 Å². The topological polar surface area (TPSA) is 66.9 Å². The fraction of sp³-hybridized carbons (Fsp3) is 0.280. The number of rotatable bonds is 11. The number of hydrogen-bond donors (Lipinski definition) is 0. The van der Waals surface area contributed by atoms with Crippen molar-refractivity contribution in [2.24, 2.45) is 0 Å². The summed E-state index contributed by atoms with van der Waals surface area (Å²) in [4.78, 5) is 16.1. The SMILES string of the molecule is CCOC(=O)C(Cc1ccc(OCCc2ccc(Oc3ccccc3)cc2)nc1)OC.